The zero-order chi connectivity index (χ0) is 14.6. The maximum Gasteiger partial charge on any atom is 0.146 e. The highest BCUT2D eigenvalue weighted by Crippen LogP contribution is 2.40. The van der Waals surface area contributed by atoms with E-state index in [1.165, 1.54) is 9.75 Å². The molecule has 1 aromatic rings. The van der Waals surface area contributed by atoms with Gasteiger partial charge in [-0.25, -0.2) is 0 Å². The van der Waals surface area contributed by atoms with Crippen LogP contribution in [0.15, 0.2) is 12.1 Å². The van der Waals surface area contributed by atoms with Gasteiger partial charge in [-0.15, -0.1) is 16.9 Å². The molecule has 0 aliphatic rings. The van der Waals surface area contributed by atoms with Gasteiger partial charge in [0.15, 0.2) is 0 Å². The summed E-state index contributed by atoms with van der Waals surface area (Å²) in [5.41, 5.74) is 5.93. The predicted molar refractivity (Wildman–Crippen MR) is 91.6 cm³/mol. The summed E-state index contributed by atoms with van der Waals surface area (Å²) in [6, 6.07) is 4.41. The van der Waals surface area contributed by atoms with Crippen molar-refractivity contribution in [3.05, 3.63) is 21.9 Å². The Hall–Kier alpha value is -0.523. The van der Waals surface area contributed by atoms with Gasteiger partial charge in [-0.2, -0.15) is 0 Å². The first kappa shape index (κ1) is 16.5. The minimum absolute atomic E-state index is 0.714. The van der Waals surface area contributed by atoms with Crippen molar-refractivity contribution in [1.29, 1.82) is 0 Å². The van der Waals surface area contributed by atoms with Crippen LogP contribution in [0.5, 0.6) is 0 Å². The molecule has 106 valence electrons. The van der Waals surface area contributed by atoms with Gasteiger partial charge in [-0.1, -0.05) is 54.4 Å². The monoisotopic (exact) mass is 292 g/mol. The predicted octanol–water partition coefficient (Wildman–Crippen LogP) is 5.88. The molecule has 0 N–H and O–H groups in total. The van der Waals surface area contributed by atoms with Gasteiger partial charge >= 0.3 is 0 Å². The molecule has 0 saturated carbocycles. The van der Waals surface area contributed by atoms with Crippen LogP contribution in [0.1, 0.15) is 58.2 Å². The molecule has 1 rings (SSSR count). The van der Waals surface area contributed by atoms with E-state index in [0.29, 0.717) is 16.6 Å². The fraction of sp³-hybridized carbons (Fsp3) is 0.647. The van der Waals surface area contributed by atoms with Crippen molar-refractivity contribution < 1.29 is 0 Å². The van der Waals surface area contributed by atoms with Gasteiger partial charge in [-0.3, -0.25) is 0 Å². The smallest absolute Gasteiger partial charge is 0.132 e. The minimum Gasteiger partial charge on any atom is -0.132 e. The fourth-order valence-electron chi connectivity index (χ4n) is 3.24. The summed E-state index contributed by atoms with van der Waals surface area (Å²) in [7, 11) is -1.57. The summed E-state index contributed by atoms with van der Waals surface area (Å²) in [6.45, 7) is 16.4. The van der Waals surface area contributed by atoms with Crippen molar-refractivity contribution in [3.8, 4) is 11.5 Å². The molecule has 0 aliphatic carbocycles. The molecule has 0 amide bonds. The largest absolute Gasteiger partial charge is 0.146 e. The van der Waals surface area contributed by atoms with Crippen molar-refractivity contribution in [2.75, 3.05) is 0 Å². The zero-order valence-electron chi connectivity index (χ0n) is 13.5. The lowest BCUT2D eigenvalue weighted by atomic mass is 10.4. The number of hydrogen-bond acceptors (Lipinski definition) is 1. The summed E-state index contributed by atoms with van der Waals surface area (Å²) in [6.07, 6.45) is 1.12. The topological polar surface area (TPSA) is 0 Å². The summed E-state index contributed by atoms with van der Waals surface area (Å²) < 4.78 is 0. The van der Waals surface area contributed by atoms with E-state index >= 15 is 0 Å². The molecule has 0 aromatic carbocycles. The van der Waals surface area contributed by atoms with Crippen LogP contribution in [0.25, 0.3) is 0 Å². The molecule has 0 atom stereocenters. The molecule has 19 heavy (non-hydrogen) atoms. The Labute approximate surface area is 124 Å². The van der Waals surface area contributed by atoms with Crippen LogP contribution in [0.2, 0.25) is 16.6 Å². The highest BCUT2D eigenvalue weighted by atomic mass is 32.1. The van der Waals surface area contributed by atoms with Crippen LogP contribution >= 0.6 is 11.3 Å². The molecule has 0 spiro atoms. The number of aryl methyl sites for hydroxylation is 1. The Kier molecular flexibility index (Phi) is 5.89. The third-order valence-corrected chi connectivity index (χ3v) is 11.7. The molecule has 1 aromatic heterocycles. The molecular formula is C17H28SSi. The van der Waals surface area contributed by atoms with Gasteiger partial charge in [0.05, 0.1) is 4.88 Å². The average Bonchev–Trinajstić information content (AvgIpc) is 2.76. The lowest BCUT2D eigenvalue weighted by molar-refractivity contribution is 0.838. The molecular weight excluding hydrogens is 264 g/mol. The molecule has 0 fully saturated rings. The molecule has 0 unspecified atom stereocenters. The summed E-state index contributed by atoms with van der Waals surface area (Å²) >= 11 is 1.86. The molecule has 0 aliphatic heterocycles. The van der Waals surface area contributed by atoms with Crippen LogP contribution in [-0.2, 0) is 6.42 Å². The molecule has 0 bridgehead atoms. The minimum atomic E-state index is -1.57. The maximum absolute atomic E-state index is 3.78. The molecule has 0 saturated heterocycles. The number of hydrogen-bond donors (Lipinski definition) is 0. The lowest BCUT2D eigenvalue weighted by Gasteiger charge is -2.38. The Morgan fingerprint density at radius 3 is 1.89 bits per heavy atom. The van der Waals surface area contributed by atoms with E-state index in [1.807, 2.05) is 11.3 Å². The third kappa shape index (κ3) is 3.52. The first-order valence-electron chi connectivity index (χ1n) is 7.46. The van der Waals surface area contributed by atoms with E-state index in [4.69, 9.17) is 0 Å². The van der Waals surface area contributed by atoms with Gasteiger partial charge in [0.1, 0.15) is 8.07 Å². The average molecular weight is 293 g/mol. The summed E-state index contributed by atoms with van der Waals surface area (Å²) in [5.74, 6) is 3.51. The van der Waals surface area contributed by atoms with E-state index in [2.05, 4.69) is 72.1 Å². The zero-order valence-corrected chi connectivity index (χ0v) is 15.3. The fourth-order valence-corrected chi connectivity index (χ4v) is 9.35. The normalized spacial score (nSPS) is 12.1. The van der Waals surface area contributed by atoms with Crippen molar-refractivity contribution in [2.24, 2.45) is 0 Å². The van der Waals surface area contributed by atoms with Gasteiger partial charge in [0.2, 0.25) is 0 Å². The molecule has 0 radical (unpaired) electrons. The van der Waals surface area contributed by atoms with Crippen molar-refractivity contribution >= 4 is 19.4 Å². The van der Waals surface area contributed by atoms with E-state index in [0.717, 1.165) is 6.42 Å². The standard InChI is InChI=1S/C17H28SSi/c1-8-16-9-10-17(18-16)11-12-19(13(2)3,14(4)5)15(6)7/h9-10,13-15H,8H2,1-7H3. The molecule has 0 nitrogen and oxygen atoms in total. The van der Waals surface area contributed by atoms with Gasteiger partial charge in [-0.05, 0) is 35.2 Å². The van der Waals surface area contributed by atoms with E-state index in [9.17, 15) is 0 Å². The van der Waals surface area contributed by atoms with E-state index in [1.54, 1.807) is 0 Å². The Morgan fingerprint density at radius 1 is 1.00 bits per heavy atom. The summed E-state index contributed by atoms with van der Waals surface area (Å²) in [5, 5.41) is 0. The van der Waals surface area contributed by atoms with E-state index < -0.39 is 8.07 Å². The summed E-state index contributed by atoms with van der Waals surface area (Å²) in [4.78, 5) is 2.69. The van der Waals surface area contributed by atoms with Crippen molar-refractivity contribution in [3.63, 3.8) is 0 Å². The first-order chi connectivity index (χ1) is 8.84. The van der Waals surface area contributed by atoms with Gasteiger partial charge in [0, 0.05) is 4.88 Å². The van der Waals surface area contributed by atoms with Crippen LogP contribution in [0.3, 0.4) is 0 Å². The van der Waals surface area contributed by atoms with E-state index in [-0.39, 0.29) is 0 Å². The van der Waals surface area contributed by atoms with Crippen LogP contribution in [0, 0.1) is 11.5 Å². The Bertz CT molecular complexity index is 435. The van der Waals surface area contributed by atoms with Crippen LogP contribution in [0.4, 0.5) is 0 Å². The third-order valence-electron chi connectivity index (χ3n) is 4.28. The number of rotatable bonds is 4. The Balaban J connectivity index is 3.15. The highest BCUT2D eigenvalue weighted by molar-refractivity contribution is 7.12. The molecule has 2 heteroatoms. The van der Waals surface area contributed by atoms with Crippen LogP contribution in [-0.4, -0.2) is 8.07 Å². The quantitative estimate of drug-likeness (QED) is 0.480. The SMILES string of the molecule is CCc1ccc(C#C[Si](C(C)C)(C(C)C)C(C)C)s1. The second kappa shape index (κ2) is 6.77. The molecule has 1 heterocycles. The lowest BCUT2D eigenvalue weighted by Crippen LogP contribution is -2.43. The van der Waals surface area contributed by atoms with Crippen molar-refractivity contribution in [1.82, 2.24) is 0 Å². The number of thiophene rings is 1. The second-order valence-electron chi connectivity index (χ2n) is 6.27. The maximum atomic E-state index is 3.78. The first-order valence-corrected chi connectivity index (χ1v) is 10.5. The Morgan fingerprint density at radius 2 is 1.53 bits per heavy atom. The van der Waals surface area contributed by atoms with Crippen LogP contribution < -0.4 is 0 Å². The van der Waals surface area contributed by atoms with Gasteiger partial charge in [0.25, 0.3) is 0 Å². The van der Waals surface area contributed by atoms with Crippen molar-refractivity contribution in [2.45, 2.75) is 71.5 Å². The van der Waals surface area contributed by atoms with Gasteiger partial charge < -0.3 is 0 Å². The highest BCUT2D eigenvalue weighted by Gasteiger charge is 2.41. The second-order valence-corrected chi connectivity index (χ2v) is 13.0.